The number of hydrogen-bond donors (Lipinski definition) is 4. The van der Waals surface area contributed by atoms with Crippen LogP contribution in [0.25, 0.3) is 0 Å². The number of carbonyl (C=O) groups excluding carboxylic acids is 4. The van der Waals surface area contributed by atoms with E-state index in [0.29, 0.717) is 41.3 Å². The Balaban J connectivity index is 0.00000265. The summed E-state index contributed by atoms with van der Waals surface area (Å²) in [5, 5.41) is 17.6. The number of benzene rings is 4. The number of carboxylic acid groups (broad SMARTS) is 1. The Hall–Kier alpha value is -5.97. The van der Waals surface area contributed by atoms with Crippen molar-refractivity contribution in [1.29, 1.82) is 0 Å². The smallest absolute Gasteiger partial charge is 0.323 e. The molecule has 1 heterocycles. The number of aryl methyl sites for hydroxylation is 1. The number of para-hydroxylation sites is 1. The zero-order valence-corrected chi connectivity index (χ0v) is 27.9. The minimum absolute atomic E-state index is 0.0349. The molecular weight excluding hydrogens is 622 g/mol. The van der Waals surface area contributed by atoms with Crippen LogP contribution in [0.2, 0.25) is 0 Å². The Morgan fingerprint density at radius 2 is 1.43 bits per heavy atom. The Kier molecular flexibility index (Phi) is 12.6. The zero-order chi connectivity index (χ0) is 35.3. The normalized spacial score (nSPS) is 12.2. The van der Waals surface area contributed by atoms with Gasteiger partial charge in [-0.1, -0.05) is 74.5 Å². The van der Waals surface area contributed by atoms with E-state index in [1.165, 1.54) is 11.0 Å². The molecule has 5 amide bonds. The SMILES string of the molecule is CC.Cc1ccccc1NC(=O)Nc1ccc(CC(=O)Nc2ccc3c(c2)C(=O)N(CCC(=O)O)CC(=O)N3CCc2ccccc2)cc1. The number of rotatable bonds is 11. The summed E-state index contributed by atoms with van der Waals surface area (Å²) in [5.74, 6) is -2.21. The van der Waals surface area contributed by atoms with E-state index in [-0.39, 0.29) is 49.3 Å². The highest BCUT2D eigenvalue weighted by molar-refractivity contribution is 6.10. The first-order valence-electron chi connectivity index (χ1n) is 16.2. The predicted octanol–water partition coefficient (Wildman–Crippen LogP) is 6.35. The van der Waals surface area contributed by atoms with E-state index >= 15 is 0 Å². The second kappa shape index (κ2) is 17.3. The second-order valence-electron chi connectivity index (χ2n) is 11.2. The highest BCUT2D eigenvalue weighted by atomic mass is 16.4. The van der Waals surface area contributed by atoms with Gasteiger partial charge in [-0.25, -0.2) is 4.79 Å². The topological polar surface area (TPSA) is 148 Å². The van der Waals surface area contributed by atoms with Crippen molar-refractivity contribution in [2.24, 2.45) is 0 Å². The lowest BCUT2D eigenvalue weighted by atomic mass is 10.1. The fourth-order valence-corrected chi connectivity index (χ4v) is 5.28. The quantitative estimate of drug-likeness (QED) is 0.147. The lowest BCUT2D eigenvalue weighted by molar-refractivity contribution is -0.137. The van der Waals surface area contributed by atoms with Gasteiger partial charge in [0.25, 0.3) is 5.91 Å². The van der Waals surface area contributed by atoms with Gasteiger partial charge in [0, 0.05) is 30.2 Å². The Labute approximate surface area is 285 Å². The molecule has 1 aliphatic rings. The van der Waals surface area contributed by atoms with Crippen molar-refractivity contribution in [2.45, 2.75) is 40.0 Å². The molecule has 0 saturated heterocycles. The maximum atomic E-state index is 13.6. The maximum absolute atomic E-state index is 13.6. The number of hydrogen-bond acceptors (Lipinski definition) is 5. The number of aliphatic carboxylic acids is 1. The molecule has 254 valence electrons. The van der Waals surface area contributed by atoms with Gasteiger partial charge in [-0.2, -0.15) is 0 Å². The van der Waals surface area contributed by atoms with E-state index in [1.54, 1.807) is 41.3 Å². The average molecular weight is 664 g/mol. The number of nitrogens with one attached hydrogen (secondary N) is 3. The number of urea groups is 1. The first-order chi connectivity index (χ1) is 23.7. The Morgan fingerprint density at radius 1 is 0.755 bits per heavy atom. The molecule has 0 spiro atoms. The highest BCUT2D eigenvalue weighted by Crippen LogP contribution is 2.29. The van der Waals surface area contributed by atoms with Crippen LogP contribution in [-0.4, -0.2) is 59.4 Å². The molecular formula is C38H41N5O6. The highest BCUT2D eigenvalue weighted by Gasteiger charge is 2.32. The molecule has 0 saturated carbocycles. The molecule has 0 atom stereocenters. The summed E-state index contributed by atoms with van der Waals surface area (Å²) in [7, 11) is 0. The third-order valence-corrected chi connectivity index (χ3v) is 7.75. The first-order valence-corrected chi connectivity index (χ1v) is 16.2. The summed E-state index contributed by atoms with van der Waals surface area (Å²) in [6.45, 7) is 5.84. The van der Waals surface area contributed by atoms with Crippen LogP contribution >= 0.6 is 0 Å². The number of fused-ring (bicyclic) bond motifs is 1. The molecule has 4 aromatic rings. The lowest BCUT2D eigenvalue weighted by Gasteiger charge is -2.23. The predicted molar refractivity (Wildman–Crippen MR) is 191 cm³/mol. The van der Waals surface area contributed by atoms with E-state index in [1.807, 2.05) is 75.4 Å². The van der Waals surface area contributed by atoms with Crippen molar-refractivity contribution >= 4 is 52.5 Å². The van der Waals surface area contributed by atoms with Gasteiger partial charge in [0.05, 0.1) is 24.1 Å². The van der Waals surface area contributed by atoms with Crippen LogP contribution in [0, 0.1) is 6.92 Å². The van der Waals surface area contributed by atoms with E-state index in [4.69, 9.17) is 0 Å². The van der Waals surface area contributed by atoms with Crippen LogP contribution < -0.4 is 20.9 Å². The molecule has 4 aromatic carbocycles. The van der Waals surface area contributed by atoms with E-state index in [0.717, 1.165) is 11.1 Å². The standard InChI is InChI=1S/C36H35N5O6.C2H6/c1-24-7-5-6-10-30(24)39-36(47)38-27-13-11-26(12-14-27)21-32(42)37-28-15-16-31-29(22-28)35(46)40(19-18-34(44)45)23-33(43)41(31)20-17-25-8-3-2-4-9-25;1-2/h2-16,22H,17-21,23H2,1H3,(H,37,42)(H,44,45)(H2,38,39,47);1-2H3. The molecule has 0 fully saturated rings. The summed E-state index contributed by atoms with van der Waals surface area (Å²) >= 11 is 0. The van der Waals surface area contributed by atoms with Crippen LogP contribution in [0.5, 0.6) is 0 Å². The Bertz CT molecular complexity index is 1790. The van der Waals surface area contributed by atoms with Crippen LogP contribution in [0.1, 0.15) is 47.3 Å². The molecule has 5 rings (SSSR count). The van der Waals surface area contributed by atoms with Crippen molar-refractivity contribution in [3.8, 4) is 0 Å². The summed E-state index contributed by atoms with van der Waals surface area (Å²) in [4.78, 5) is 66.4. The van der Waals surface area contributed by atoms with Crippen molar-refractivity contribution in [3.05, 3.63) is 119 Å². The van der Waals surface area contributed by atoms with Gasteiger partial charge in [-0.05, 0) is 66.4 Å². The molecule has 0 aromatic heterocycles. The molecule has 0 bridgehead atoms. The summed E-state index contributed by atoms with van der Waals surface area (Å²) in [6.07, 6.45) is 0.285. The van der Waals surface area contributed by atoms with Crippen LogP contribution in [0.4, 0.5) is 27.5 Å². The molecule has 4 N–H and O–H groups in total. The monoisotopic (exact) mass is 663 g/mol. The third-order valence-electron chi connectivity index (χ3n) is 7.75. The minimum Gasteiger partial charge on any atom is -0.481 e. The molecule has 11 heteroatoms. The fraction of sp³-hybridized carbons (Fsp3) is 0.237. The third kappa shape index (κ3) is 10.0. The van der Waals surface area contributed by atoms with Crippen LogP contribution in [-0.2, 0) is 27.2 Å². The van der Waals surface area contributed by atoms with Crippen LogP contribution in [0.15, 0.2) is 97.1 Å². The average Bonchev–Trinajstić information content (AvgIpc) is 3.19. The van der Waals surface area contributed by atoms with Crippen LogP contribution in [0.3, 0.4) is 0 Å². The van der Waals surface area contributed by atoms with Crippen molar-refractivity contribution in [1.82, 2.24) is 4.90 Å². The van der Waals surface area contributed by atoms with E-state index < -0.39 is 11.9 Å². The lowest BCUT2D eigenvalue weighted by Crippen LogP contribution is -2.40. The summed E-state index contributed by atoms with van der Waals surface area (Å²) in [5.41, 5.74) is 4.90. The molecule has 0 radical (unpaired) electrons. The maximum Gasteiger partial charge on any atom is 0.323 e. The first kappa shape index (κ1) is 35.9. The molecule has 49 heavy (non-hydrogen) atoms. The second-order valence-corrected chi connectivity index (χ2v) is 11.2. The molecule has 1 aliphatic heterocycles. The number of nitrogens with zero attached hydrogens (tertiary/aromatic N) is 2. The van der Waals surface area contributed by atoms with Crippen molar-refractivity contribution in [2.75, 3.05) is 40.5 Å². The number of amides is 5. The minimum atomic E-state index is -1.08. The van der Waals surface area contributed by atoms with Gasteiger partial charge in [0.15, 0.2) is 0 Å². The number of anilines is 4. The summed E-state index contributed by atoms with van der Waals surface area (Å²) < 4.78 is 0. The van der Waals surface area contributed by atoms with E-state index in [2.05, 4.69) is 16.0 Å². The van der Waals surface area contributed by atoms with Crippen molar-refractivity contribution < 1.29 is 29.1 Å². The van der Waals surface area contributed by atoms with Gasteiger partial charge < -0.3 is 30.9 Å². The largest absolute Gasteiger partial charge is 0.481 e. The van der Waals surface area contributed by atoms with Gasteiger partial charge in [0.1, 0.15) is 6.54 Å². The zero-order valence-electron chi connectivity index (χ0n) is 27.9. The number of carbonyl (C=O) groups is 5. The van der Waals surface area contributed by atoms with Gasteiger partial charge in [-0.15, -0.1) is 0 Å². The van der Waals surface area contributed by atoms with Gasteiger partial charge in [-0.3, -0.25) is 19.2 Å². The summed E-state index contributed by atoms with van der Waals surface area (Å²) in [6, 6.07) is 28.4. The molecule has 0 aliphatic carbocycles. The van der Waals surface area contributed by atoms with Crippen molar-refractivity contribution in [3.63, 3.8) is 0 Å². The molecule has 0 unspecified atom stereocenters. The molecule has 11 nitrogen and oxygen atoms in total. The van der Waals surface area contributed by atoms with Gasteiger partial charge in [0.2, 0.25) is 11.8 Å². The fourth-order valence-electron chi connectivity index (χ4n) is 5.28. The number of carboxylic acids is 1. The Morgan fingerprint density at radius 3 is 2.12 bits per heavy atom. The van der Waals surface area contributed by atoms with E-state index in [9.17, 15) is 29.1 Å². The van der Waals surface area contributed by atoms with Gasteiger partial charge >= 0.3 is 12.0 Å².